The summed E-state index contributed by atoms with van der Waals surface area (Å²) in [6.07, 6.45) is 8.45. The molecule has 2 aliphatic rings. The zero-order valence-electron chi connectivity index (χ0n) is 25.1. The summed E-state index contributed by atoms with van der Waals surface area (Å²) in [5, 5.41) is 4.45. The number of imidazole rings is 1. The van der Waals surface area contributed by atoms with Gasteiger partial charge in [-0.3, -0.25) is 4.79 Å². The molecule has 9 heteroatoms. The van der Waals surface area contributed by atoms with Crippen molar-refractivity contribution in [3.63, 3.8) is 0 Å². The number of nitrogens with zero attached hydrogens (tertiary/aromatic N) is 5. The number of fused-ring (bicyclic) bond motifs is 6. The van der Waals surface area contributed by atoms with E-state index in [9.17, 15) is 4.79 Å². The lowest BCUT2D eigenvalue weighted by Crippen LogP contribution is -2.31. The zero-order chi connectivity index (χ0) is 30.2. The molecule has 5 aromatic rings. The number of rotatable bonds is 8. The van der Waals surface area contributed by atoms with Crippen molar-refractivity contribution in [1.82, 2.24) is 19.5 Å². The quantitative estimate of drug-likeness (QED) is 0.192. The highest BCUT2D eigenvalue weighted by Gasteiger charge is 2.32. The standard InChI is InChI=1S/C35H36N6O3/c1-4-26(42)9-7-23-6-5-13-41-18-24(23)19-43-34-17-29-28(16-32(34)41)35(37-20-36-29)39-25-8-12-33(22(2)14-25)44-27-10-11-31-30(15-27)38-21-40(31)3/h4,8,10-12,14-17,20-21,23-24H,1,5-7,9,13,18-19H2,2-3H3,(H,36,37,39)/t23?,24-/m0/s1. The van der Waals surface area contributed by atoms with Gasteiger partial charge >= 0.3 is 0 Å². The highest BCUT2D eigenvalue weighted by atomic mass is 16.5. The van der Waals surface area contributed by atoms with Crippen LogP contribution in [0.3, 0.4) is 0 Å². The van der Waals surface area contributed by atoms with Gasteiger partial charge in [-0.2, -0.15) is 0 Å². The third-order valence-corrected chi connectivity index (χ3v) is 8.99. The van der Waals surface area contributed by atoms with Crippen molar-refractivity contribution in [2.75, 3.05) is 29.9 Å². The van der Waals surface area contributed by atoms with Crippen LogP contribution in [-0.4, -0.2) is 45.0 Å². The molecule has 4 heterocycles. The Hall–Kier alpha value is -4.92. The average Bonchev–Trinajstić information content (AvgIpc) is 3.17. The number of carbonyl (C=O) groups excluding carboxylic acids is 1. The monoisotopic (exact) mass is 588 g/mol. The minimum Gasteiger partial charge on any atom is -0.491 e. The smallest absolute Gasteiger partial charge is 0.155 e. The van der Waals surface area contributed by atoms with E-state index in [0.717, 1.165) is 94.3 Å². The molecule has 9 nitrogen and oxygen atoms in total. The summed E-state index contributed by atoms with van der Waals surface area (Å²) in [5.74, 6) is 4.06. The molecule has 2 bridgehead atoms. The molecule has 1 N–H and O–H groups in total. The number of carbonyl (C=O) groups is 1. The zero-order valence-corrected chi connectivity index (χ0v) is 25.1. The number of benzene rings is 3. The molecule has 44 heavy (non-hydrogen) atoms. The lowest BCUT2D eigenvalue weighted by atomic mass is 9.85. The summed E-state index contributed by atoms with van der Waals surface area (Å²) in [4.78, 5) is 28.0. The Morgan fingerprint density at radius 3 is 2.91 bits per heavy atom. The summed E-state index contributed by atoms with van der Waals surface area (Å²) in [6, 6.07) is 16.2. The van der Waals surface area contributed by atoms with E-state index in [2.05, 4.69) is 43.9 Å². The van der Waals surface area contributed by atoms with Crippen molar-refractivity contribution < 1.29 is 14.3 Å². The topological polar surface area (TPSA) is 94.4 Å². The predicted octanol–water partition coefficient (Wildman–Crippen LogP) is 7.12. The van der Waals surface area contributed by atoms with Gasteiger partial charge in [0.25, 0.3) is 0 Å². The third-order valence-electron chi connectivity index (χ3n) is 8.99. The summed E-state index contributed by atoms with van der Waals surface area (Å²) in [7, 11) is 1.98. The number of aromatic nitrogens is 4. The number of aryl methyl sites for hydroxylation is 2. The average molecular weight is 589 g/mol. The molecule has 1 fully saturated rings. The second-order valence-electron chi connectivity index (χ2n) is 11.9. The van der Waals surface area contributed by atoms with E-state index < -0.39 is 0 Å². The molecule has 2 aliphatic heterocycles. The van der Waals surface area contributed by atoms with Gasteiger partial charge in [0.1, 0.15) is 29.4 Å². The molecule has 0 saturated carbocycles. The maximum absolute atomic E-state index is 11.9. The Labute approximate surface area is 256 Å². The van der Waals surface area contributed by atoms with Crippen LogP contribution in [0.25, 0.3) is 21.9 Å². The van der Waals surface area contributed by atoms with Crippen molar-refractivity contribution in [1.29, 1.82) is 0 Å². The molecule has 0 spiro atoms. The molecule has 1 saturated heterocycles. The molecule has 0 radical (unpaired) electrons. The van der Waals surface area contributed by atoms with Crippen molar-refractivity contribution in [2.45, 2.75) is 32.6 Å². The van der Waals surface area contributed by atoms with Gasteiger partial charge in [-0.15, -0.1) is 0 Å². The Morgan fingerprint density at radius 2 is 2.05 bits per heavy atom. The summed E-state index contributed by atoms with van der Waals surface area (Å²) >= 11 is 0. The number of nitrogens with one attached hydrogen (secondary N) is 1. The Morgan fingerprint density at radius 1 is 1.14 bits per heavy atom. The van der Waals surface area contributed by atoms with Gasteiger partial charge in [0, 0.05) is 55.7 Å². The van der Waals surface area contributed by atoms with Crippen LogP contribution < -0.4 is 19.7 Å². The van der Waals surface area contributed by atoms with Gasteiger partial charge in [-0.1, -0.05) is 6.58 Å². The van der Waals surface area contributed by atoms with Crippen LogP contribution in [0.5, 0.6) is 17.2 Å². The summed E-state index contributed by atoms with van der Waals surface area (Å²) < 4.78 is 14.6. The number of ketones is 1. The molecule has 0 aliphatic carbocycles. The van der Waals surface area contributed by atoms with Crippen LogP contribution in [0.1, 0.15) is 31.2 Å². The molecular weight excluding hydrogens is 552 g/mol. The molecule has 2 atom stereocenters. The molecule has 3 aromatic carbocycles. The molecule has 0 amide bonds. The van der Waals surface area contributed by atoms with Crippen LogP contribution in [-0.2, 0) is 11.8 Å². The lowest BCUT2D eigenvalue weighted by molar-refractivity contribution is -0.115. The van der Waals surface area contributed by atoms with E-state index >= 15 is 0 Å². The van der Waals surface area contributed by atoms with Crippen molar-refractivity contribution in [2.24, 2.45) is 18.9 Å². The van der Waals surface area contributed by atoms with Crippen LogP contribution in [0.2, 0.25) is 0 Å². The first-order valence-electron chi connectivity index (χ1n) is 15.2. The minimum absolute atomic E-state index is 0.119. The third kappa shape index (κ3) is 5.45. The highest BCUT2D eigenvalue weighted by Crippen LogP contribution is 2.41. The molecule has 1 unspecified atom stereocenters. The fourth-order valence-corrected chi connectivity index (χ4v) is 6.54. The van der Waals surface area contributed by atoms with Crippen molar-refractivity contribution in [3.05, 3.63) is 79.4 Å². The van der Waals surface area contributed by atoms with Gasteiger partial charge in [-0.05, 0) is 80.1 Å². The van der Waals surface area contributed by atoms with Crippen molar-refractivity contribution in [3.8, 4) is 17.2 Å². The van der Waals surface area contributed by atoms with Crippen molar-refractivity contribution >= 4 is 44.9 Å². The predicted molar refractivity (Wildman–Crippen MR) is 173 cm³/mol. The first kappa shape index (κ1) is 27.9. The van der Waals surface area contributed by atoms with E-state index in [1.807, 2.05) is 54.9 Å². The number of ether oxygens (including phenoxy) is 2. The molecule has 2 aromatic heterocycles. The van der Waals surface area contributed by atoms with Gasteiger partial charge in [0.05, 0.1) is 35.2 Å². The van der Waals surface area contributed by atoms with Gasteiger partial charge in [-0.25, -0.2) is 15.0 Å². The number of allylic oxidation sites excluding steroid dienone is 1. The first-order valence-corrected chi connectivity index (χ1v) is 15.2. The maximum atomic E-state index is 11.9. The van der Waals surface area contributed by atoms with Crippen LogP contribution >= 0.6 is 0 Å². The highest BCUT2D eigenvalue weighted by molar-refractivity contribution is 5.95. The summed E-state index contributed by atoms with van der Waals surface area (Å²) in [6.45, 7) is 8.17. The second-order valence-corrected chi connectivity index (χ2v) is 11.9. The molecule has 224 valence electrons. The SMILES string of the molecule is C=CC(=O)CCC1CCCN2C[C@H]1COc1cc3ncnc(Nc4ccc(Oc5ccc6c(c5)ncn6C)c(C)c4)c3cc12. The van der Waals surface area contributed by atoms with Crippen LogP contribution in [0.4, 0.5) is 17.2 Å². The van der Waals surface area contributed by atoms with E-state index in [1.165, 1.54) is 6.08 Å². The molecule has 7 rings (SSSR count). The number of hydrogen-bond donors (Lipinski definition) is 1. The molecular formula is C35H36N6O3. The fourth-order valence-electron chi connectivity index (χ4n) is 6.54. The Balaban J connectivity index is 1.12. The van der Waals surface area contributed by atoms with E-state index in [1.54, 1.807) is 12.7 Å². The van der Waals surface area contributed by atoms with E-state index in [0.29, 0.717) is 24.9 Å². The maximum Gasteiger partial charge on any atom is 0.155 e. The second kappa shape index (κ2) is 11.6. The van der Waals surface area contributed by atoms with Gasteiger partial charge in [0.2, 0.25) is 0 Å². The summed E-state index contributed by atoms with van der Waals surface area (Å²) in [5.41, 5.74) is 5.77. The first-order chi connectivity index (χ1) is 21.4. The van der Waals surface area contributed by atoms with Gasteiger partial charge < -0.3 is 24.3 Å². The van der Waals surface area contributed by atoms with E-state index in [-0.39, 0.29) is 5.78 Å². The van der Waals surface area contributed by atoms with Gasteiger partial charge in [0.15, 0.2) is 5.78 Å². The van der Waals surface area contributed by atoms with Crippen LogP contribution in [0, 0.1) is 18.8 Å². The Kier molecular flexibility index (Phi) is 7.37. The van der Waals surface area contributed by atoms with E-state index in [4.69, 9.17) is 9.47 Å². The number of anilines is 3. The normalized spacial score (nSPS) is 17.8. The largest absolute Gasteiger partial charge is 0.491 e. The lowest BCUT2D eigenvalue weighted by Gasteiger charge is -2.26. The number of hydrogen-bond acceptors (Lipinski definition) is 8. The Bertz CT molecular complexity index is 1880. The van der Waals surface area contributed by atoms with Crippen LogP contribution in [0.15, 0.2) is 73.8 Å². The minimum atomic E-state index is 0.119. The fraction of sp³-hybridized carbons (Fsp3) is 0.314.